The van der Waals surface area contributed by atoms with Crippen LogP contribution in [0.15, 0.2) is 29.4 Å². The molecule has 1 N–H and O–H groups in total. The van der Waals surface area contributed by atoms with Crippen LogP contribution < -0.4 is 5.32 Å². The fraction of sp³-hybridized carbons (Fsp3) is 0.679. The normalized spacial score (nSPS) is 27.1. The molecule has 0 spiro atoms. The maximum absolute atomic E-state index is 13.6. The van der Waals surface area contributed by atoms with Crippen LogP contribution in [0.3, 0.4) is 0 Å². The van der Waals surface area contributed by atoms with Crippen molar-refractivity contribution in [3.63, 3.8) is 0 Å². The van der Waals surface area contributed by atoms with E-state index < -0.39 is 24.2 Å². The molecular weight excluding hydrogens is 484 g/mol. The van der Waals surface area contributed by atoms with E-state index in [0.717, 1.165) is 32.0 Å². The lowest BCUT2D eigenvalue weighted by Crippen LogP contribution is -2.52. The second kappa shape index (κ2) is 11.4. The van der Waals surface area contributed by atoms with Crippen molar-refractivity contribution in [3.05, 3.63) is 45.8 Å². The number of hydrogen-bond donors (Lipinski definition) is 1. The van der Waals surface area contributed by atoms with Crippen molar-refractivity contribution in [1.29, 1.82) is 0 Å². The fourth-order valence-electron chi connectivity index (χ4n) is 6.42. The molecule has 1 aromatic rings. The van der Waals surface area contributed by atoms with Crippen LogP contribution in [0.4, 0.5) is 0 Å². The van der Waals surface area contributed by atoms with Gasteiger partial charge in [-0.1, -0.05) is 37.5 Å². The van der Waals surface area contributed by atoms with Gasteiger partial charge in [-0.25, -0.2) is 0 Å². The number of ether oxygens (including phenoxy) is 1. The molecule has 4 atom stereocenters. The first-order valence-electron chi connectivity index (χ1n) is 14.0. The zero-order chi connectivity index (χ0) is 26.8. The lowest BCUT2D eigenvalue weighted by Gasteiger charge is -2.42. The Balaban J connectivity index is 1.23. The summed E-state index contributed by atoms with van der Waals surface area (Å²) in [5.74, 6) is -0.211. The molecule has 5 rings (SSSR count). The smallest absolute Gasteiger partial charge is 0.251 e. The molecule has 0 aromatic heterocycles. The summed E-state index contributed by atoms with van der Waals surface area (Å²) in [6.07, 6.45) is 6.12. The fourth-order valence-corrected chi connectivity index (χ4v) is 6.42. The molecule has 3 aliphatic heterocycles. The highest BCUT2D eigenvalue weighted by atomic mass is 16.5. The van der Waals surface area contributed by atoms with Crippen LogP contribution in [0.5, 0.6) is 0 Å². The topological polar surface area (TPSA) is 128 Å². The van der Waals surface area contributed by atoms with E-state index in [-0.39, 0.29) is 36.7 Å². The summed E-state index contributed by atoms with van der Waals surface area (Å²) in [5, 5.41) is 6.67. The van der Waals surface area contributed by atoms with Crippen LogP contribution in [-0.4, -0.2) is 83.9 Å². The van der Waals surface area contributed by atoms with Gasteiger partial charge < -0.3 is 19.9 Å². The number of Topliss-reactive ketones (excluding diaryl/α,β-unsaturated/α-hetero) is 1. The maximum atomic E-state index is 13.6. The van der Waals surface area contributed by atoms with Gasteiger partial charge in [-0.05, 0) is 80.3 Å². The van der Waals surface area contributed by atoms with Crippen LogP contribution >= 0.6 is 0 Å². The van der Waals surface area contributed by atoms with E-state index in [4.69, 9.17) is 10.3 Å². The third-order valence-corrected chi connectivity index (χ3v) is 8.72. The SMILES string of the molecule is CC(C)C[C@H](NC(=O)c1ccc(C2CCN(C3CCC3)CC2)cc1)C(=O)N1C[C@H](N=[N+]=[N-])[C@H]2OCC(=O)[C@H]21. The second-order valence-electron chi connectivity index (χ2n) is 11.6. The molecule has 3 heterocycles. The minimum Gasteiger partial charge on any atom is -0.367 e. The number of hydrogen-bond acceptors (Lipinski definition) is 6. The van der Waals surface area contributed by atoms with E-state index in [9.17, 15) is 14.4 Å². The molecule has 3 saturated heterocycles. The van der Waals surface area contributed by atoms with Crippen molar-refractivity contribution in [2.24, 2.45) is 11.0 Å². The molecule has 2 amide bonds. The Kier molecular flexibility index (Phi) is 8.02. The Hall–Kier alpha value is -2.94. The molecule has 10 nitrogen and oxygen atoms in total. The molecule has 10 heteroatoms. The molecule has 0 bridgehead atoms. The Bertz CT molecular complexity index is 1090. The van der Waals surface area contributed by atoms with Crippen molar-refractivity contribution < 1.29 is 19.1 Å². The van der Waals surface area contributed by atoms with Crippen LogP contribution in [0.1, 0.15) is 74.2 Å². The highest BCUT2D eigenvalue weighted by Crippen LogP contribution is 2.34. The third kappa shape index (κ3) is 5.44. The number of likely N-dealkylation sites (tertiary alicyclic amines) is 2. The molecule has 1 aromatic carbocycles. The predicted octanol–water partition coefficient (Wildman–Crippen LogP) is 3.42. The van der Waals surface area contributed by atoms with Gasteiger partial charge in [0, 0.05) is 23.1 Å². The summed E-state index contributed by atoms with van der Waals surface area (Å²) in [6.45, 7) is 6.24. The van der Waals surface area contributed by atoms with Gasteiger partial charge in [0.1, 0.15) is 18.7 Å². The summed E-state index contributed by atoms with van der Waals surface area (Å²) in [4.78, 5) is 46.3. The van der Waals surface area contributed by atoms with Crippen LogP contribution in [0, 0.1) is 5.92 Å². The molecule has 0 radical (unpaired) electrons. The van der Waals surface area contributed by atoms with Crippen molar-refractivity contribution in [2.45, 2.75) is 88.6 Å². The van der Waals surface area contributed by atoms with Gasteiger partial charge in [-0.15, -0.1) is 0 Å². The number of rotatable bonds is 8. The summed E-state index contributed by atoms with van der Waals surface area (Å²) < 4.78 is 5.53. The largest absolute Gasteiger partial charge is 0.367 e. The first-order chi connectivity index (χ1) is 18.4. The second-order valence-corrected chi connectivity index (χ2v) is 11.6. The molecule has 1 aliphatic carbocycles. The average molecular weight is 523 g/mol. The lowest BCUT2D eigenvalue weighted by atomic mass is 9.85. The molecule has 0 unspecified atom stereocenters. The number of nitrogens with zero attached hydrogens (tertiary/aromatic N) is 5. The number of amides is 2. The predicted molar refractivity (Wildman–Crippen MR) is 142 cm³/mol. The van der Waals surface area contributed by atoms with Crippen molar-refractivity contribution in [3.8, 4) is 0 Å². The number of fused-ring (bicyclic) bond motifs is 1. The molecular formula is C28H38N6O4. The molecule has 38 heavy (non-hydrogen) atoms. The Morgan fingerprint density at radius 2 is 1.87 bits per heavy atom. The number of carbonyl (C=O) groups excluding carboxylic acids is 3. The Labute approximate surface area is 223 Å². The number of nitrogens with one attached hydrogen (secondary N) is 1. The van der Waals surface area contributed by atoms with E-state index in [1.54, 1.807) is 0 Å². The van der Waals surface area contributed by atoms with Gasteiger partial charge in [0.15, 0.2) is 5.78 Å². The van der Waals surface area contributed by atoms with Crippen molar-refractivity contribution >= 4 is 17.6 Å². The van der Waals surface area contributed by atoms with E-state index in [0.29, 0.717) is 17.9 Å². The van der Waals surface area contributed by atoms with Crippen molar-refractivity contribution in [1.82, 2.24) is 15.1 Å². The van der Waals surface area contributed by atoms with E-state index in [2.05, 4.69) is 20.2 Å². The number of azide groups is 1. The standard InChI is InChI=1S/C28H38N6O4/c1-17(2)14-22(28(37)34-15-23(31-32-29)26-25(34)24(35)16-38-26)30-27(36)20-8-6-18(7-9-20)19-10-12-33(13-11-19)21-4-3-5-21/h6-9,17,19,21-23,25-26H,3-5,10-16H2,1-2H3,(H,30,36)/t22-,23-,25+,26+/m0/s1. The van der Waals surface area contributed by atoms with Crippen LogP contribution in [0.2, 0.25) is 0 Å². The van der Waals surface area contributed by atoms with E-state index in [1.807, 2.05) is 38.1 Å². The Morgan fingerprint density at radius 3 is 2.47 bits per heavy atom. The third-order valence-electron chi connectivity index (χ3n) is 8.72. The molecule has 4 fully saturated rings. The first kappa shape index (κ1) is 26.7. The zero-order valence-corrected chi connectivity index (χ0v) is 22.3. The van der Waals surface area contributed by atoms with Gasteiger partial charge in [0.05, 0.1) is 12.1 Å². The monoisotopic (exact) mass is 522 g/mol. The van der Waals surface area contributed by atoms with Gasteiger partial charge in [0.25, 0.3) is 5.91 Å². The highest BCUT2D eigenvalue weighted by Gasteiger charge is 2.53. The van der Waals surface area contributed by atoms with E-state index >= 15 is 0 Å². The van der Waals surface area contributed by atoms with Crippen LogP contribution in [-0.2, 0) is 14.3 Å². The van der Waals surface area contributed by atoms with Crippen molar-refractivity contribution in [2.75, 3.05) is 26.2 Å². The number of piperidine rings is 1. The first-order valence-corrected chi connectivity index (χ1v) is 14.0. The summed E-state index contributed by atoms with van der Waals surface area (Å²) in [5.41, 5.74) is 10.7. The van der Waals surface area contributed by atoms with Crippen LogP contribution in [0.25, 0.3) is 10.4 Å². The summed E-state index contributed by atoms with van der Waals surface area (Å²) in [7, 11) is 0. The molecule has 4 aliphatic rings. The summed E-state index contributed by atoms with van der Waals surface area (Å²) >= 11 is 0. The van der Waals surface area contributed by atoms with E-state index in [1.165, 1.54) is 29.7 Å². The number of benzene rings is 1. The summed E-state index contributed by atoms with van der Waals surface area (Å²) in [6, 6.07) is 6.37. The number of carbonyl (C=O) groups is 3. The van der Waals surface area contributed by atoms with Gasteiger partial charge in [-0.3, -0.25) is 14.4 Å². The molecule has 204 valence electrons. The molecule has 1 saturated carbocycles. The quantitative estimate of drug-likeness (QED) is 0.318. The minimum absolute atomic E-state index is 0.0999. The average Bonchev–Trinajstić information content (AvgIpc) is 3.43. The Morgan fingerprint density at radius 1 is 1.16 bits per heavy atom. The highest BCUT2D eigenvalue weighted by molar-refractivity contribution is 5.99. The number of ketones is 1. The van der Waals surface area contributed by atoms with Gasteiger partial charge >= 0.3 is 0 Å². The van der Waals surface area contributed by atoms with Gasteiger partial charge in [0.2, 0.25) is 5.91 Å². The maximum Gasteiger partial charge on any atom is 0.251 e. The zero-order valence-electron chi connectivity index (χ0n) is 22.3. The lowest BCUT2D eigenvalue weighted by molar-refractivity contribution is -0.138. The minimum atomic E-state index is -0.795. The van der Waals surface area contributed by atoms with Gasteiger partial charge in [-0.2, -0.15) is 0 Å².